The average Bonchev–Trinajstić information content (AvgIpc) is 2.63. The van der Waals surface area contributed by atoms with Crippen LogP contribution in [-0.2, 0) is 9.53 Å². The highest BCUT2D eigenvalue weighted by molar-refractivity contribution is 5.89. The van der Waals surface area contributed by atoms with Gasteiger partial charge in [-0.15, -0.1) is 0 Å². The number of para-hydroxylation sites is 1. The van der Waals surface area contributed by atoms with Crippen LogP contribution in [0, 0.1) is 26.6 Å². The van der Waals surface area contributed by atoms with Crippen LogP contribution in [0.4, 0.5) is 4.39 Å². The standard InChI is InChI=1S/C22H21FN2O3/c1-5-28-19(26)10-9-16-11-17-20(18(23)12-16)24-15(4)25(22(17)27)21-13(2)7-6-8-14(21)3/h6-12H,5H2,1-4H3. The lowest BCUT2D eigenvalue weighted by Crippen LogP contribution is -2.24. The lowest BCUT2D eigenvalue weighted by atomic mass is 10.1. The Kier molecular flexibility index (Phi) is 5.40. The van der Waals surface area contributed by atoms with Gasteiger partial charge in [-0.2, -0.15) is 0 Å². The number of carbonyl (C=O) groups is 1. The molecule has 28 heavy (non-hydrogen) atoms. The zero-order valence-corrected chi connectivity index (χ0v) is 16.2. The number of fused-ring (bicyclic) bond motifs is 1. The van der Waals surface area contributed by atoms with Crippen molar-refractivity contribution in [2.45, 2.75) is 27.7 Å². The van der Waals surface area contributed by atoms with E-state index in [0.29, 0.717) is 11.4 Å². The molecule has 3 rings (SSSR count). The van der Waals surface area contributed by atoms with E-state index in [1.165, 1.54) is 28.9 Å². The second kappa shape index (κ2) is 7.76. The molecule has 1 heterocycles. The number of halogens is 1. The fourth-order valence-corrected chi connectivity index (χ4v) is 3.25. The lowest BCUT2D eigenvalue weighted by molar-refractivity contribution is -0.137. The van der Waals surface area contributed by atoms with Crippen LogP contribution >= 0.6 is 0 Å². The molecule has 3 aromatic rings. The predicted molar refractivity (Wildman–Crippen MR) is 107 cm³/mol. The number of esters is 1. The number of benzene rings is 2. The molecule has 0 amide bonds. The van der Waals surface area contributed by atoms with E-state index in [1.807, 2.05) is 32.0 Å². The first kappa shape index (κ1) is 19.5. The van der Waals surface area contributed by atoms with Crippen LogP contribution in [0.1, 0.15) is 29.4 Å². The van der Waals surface area contributed by atoms with Crippen molar-refractivity contribution in [1.82, 2.24) is 9.55 Å². The quantitative estimate of drug-likeness (QED) is 0.507. The molecule has 0 aliphatic carbocycles. The van der Waals surface area contributed by atoms with Gasteiger partial charge in [0, 0.05) is 6.08 Å². The lowest BCUT2D eigenvalue weighted by Gasteiger charge is -2.16. The smallest absolute Gasteiger partial charge is 0.330 e. The molecule has 0 saturated carbocycles. The van der Waals surface area contributed by atoms with E-state index in [1.54, 1.807) is 13.8 Å². The fourth-order valence-electron chi connectivity index (χ4n) is 3.25. The maximum absolute atomic E-state index is 14.6. The Morgan fingerprint density at radius 1 is 1.21 bits per heavy atom. The topological polar surface area (TPSA) is 61.2 Å². The van der Waals surface area contributed by atoms with Crippen LogP contribution in [0.5, 0.6) is 0 Å². The van der Waals surface area contributed by atoms with Gasteiger partial charge in [0.05, 0.1) is 17.7 Å². The van der Waals surface area contributed by atoms with Gasteiger partial charge in [0.2, 0.25) is 0 Å². The third-order valence-corrected chi connectivity index (χ3v) is 4.48. The highest BCUT2D eigenvalue weighted by Crippen LogP contribution is 2.22. The summed E-state index contributed by atoms with van der Waals surface area (Å²) < 4.78 is 20.9. The summed E-state index contributed by atoms with van der Waals surface area (Å²) in [6, 6.07) is 8.52. The molecular formula is C22H21FN2O3. The molecule has 0 unspecified atom stereocenters. The van der Waals surface area contributed by atoms with Crippen LogP contribution in [-0.4, -0.2) is 22.1 Å². The number of hydrogen-bond acceptors (Lipinski definition) is 4. The molecule has 0 radical (unpaired) electrons. The van der Waals surface area contributed by atoms with Crippen molar-refractivity contribution in [2.24, 2.45) is 0 Å². The van der Waals surface area contributed by atoms with Crippen LogP contribution < -0.4 is 5.56 Å². The molecule has 1 aromatic heterocycles. The highest BCUT2D eigenvalue weighted by Gasteiger charge is 2.16. The summed E-state index contributed by atoms with van der Waals surface area (Å²) in [5.41, 5.74) is 2.62. The molecule has 5 nitrogen and oxygen atoms in total. The number of rotatable bonds is 4. The summed E-state index contributed by atoms with van der Waals surface area (Å²) in [4.78, 5) is 29.1. The molecule has 0 aliphatic heterocycles. The van der Waals surface area contributed by atoms with Crippen molar-refractivity contribution in [3.8, 4) is 5.69 Å². The maximum atomic E-state index is 14.6. The molecule has 144 valence electrons. The minimum absolute atomic E-state index is 0.0123. The Morgan fingerprint density at radius 2 is 1.89 bits per heavy atom. The van der Waals surface area contributed by atoms with Crippen LogP contribution in [0.3, 0.4) is 0 Å². The Labute approximate surface area is 162 Å². The SMILES string of the molecule is CCOC(=O)C=Cc1cc(F)c2nc(C)n(-c3c(C)cccc3C)c(=O)c2c1. The number of aromatic nitrogens is 2. The zero-order chi connectivity index (χ0) is 20.4. The van der Waals surface area contributed by atoms with Gasteiger partial charge in [-0.25, -0.2) is 14.2 Å². The Morgan fingerprint density at radius 3 is 2.54 bits per heavy atom. The molecule has 2 aromatic carbocycles. The number of hydrogen-bond donors (Lipinski definition) is 0. The summed E-state index contributed by atoms with van der Waals surface area (Å²) in [6.07, 6.45) is 2.62. The summed E-state index contributed by atoms with van der Waals surface area (Å²) >= 11 is 0. The van der Waals surface area contributed by atoms with Gasteiger partial charge in [0.15, 0.2) is 0 Å². The van der Waals surface area contributed by atoms with Gasteiger partial charge in [0.25, 0.3) is 5.56 Å². The average molecular weight is 380 g/mol. The van der Waals surface area contributed by atoms with E-state index in [-0.39, 0.29) is 23.1 Å². The minimum Gasteiger partial charge on any atom is -0.463 e. The van der Waals surface area contributed by atoms with Crippen LogP contribution in [0.15, 0.2) is 41.2 Å². The first-order valence-corrected chi connectivity index (χ1v) is 8.97. The van der Waals surface area contributed by atoms with E-state index in [4.69, 9.17) is 4.74 Å². The van der Waals surface area contributed by atoms with E-state index in [9.17, 15) is 14.0 Å². The third kappa shape index (κ3) is 3.58. The van der Waals surface area contributed by atoms with Gasteiger partial charge in [-0.3, -0.25) is 9.36 Å². The fraction of sp³-hybridized carbons (Fsp3) is 0.227. The van der Waals surface area contributed by atoms with Gasteiger partial charge in [-0.1, -0.05) is 18.2 Å². The van der Waals surface area contributed by atoms with Crippen molar-refractivity contribution in [3.63, 3.8) is 0 Å². The second-order valence-electron chi connectivity index (χ2n) is 6.52. The summed E-state index contributed by atoms with van der Waals surface area (Å²) in [5.74, 6) is -0.739. The molecule has 0 fully saturated rings. The van der Waals surface area contributed by atoms with E-state index in [2.05, 4.69) is 4.98 Å². The normalized spacial score (nSPS) is 11.3. The number of nitrogens with zero attached hydrogens (tertiary/aromatic N) is 2. The Bertz CT molecular complexity index is 1140. The molecule has 0 aliphatic rings. The maximum Gasteiger partial charge on any atom is 0.330 e. The second-order valence-corrected chi connectivity index (χ2v) is 6.52. The molecule has 0 saturated heterocycles. The largest absolute Gasteiger partial charge is 0.463 e. The summed E-state index contributed by atoms with van der Waals surface area (Å²) in [6.45, 7) is 7.46. The monoisotopic (exact) mass is 380 g/mol. The molecular weight excluding hydrogens is 359 g/mol. The van der Waals surface area contributed by atoms with Crippen LogP contribution in [0.25, 0.3) is 22.7 Å². The molecule has 0 N–H and O–H groups in total. The number of carbonyl (C=O) groups excluding carboxylic acids is 1. The minimum atomic E-state index is -0.616. The van der Waals surface area contributed by atoms with Crippen molar-refractivity contribution in [2.75, 3.05) is 6.61 Å². The van der Waals surface area contributed by atoms with Crippen molar-refractivity contribution < 1.29 is 13.9 Å². The predicted octanol–water partition coefficient (Wildman–Crippen LogP) is 4.03. The van der Waals surface area contributed by atoms with Crippen molar-refractivity contribution >= 4 is 22.9 Å². The zero-order valence-electron chi connectivity index (χ0n) is 16.2. The van der Waals surface area contributed by atoms with Crippen molar-refractivity contribution in [1.29, 1.82) is 0 Å². The van der Waals surface area contributed by atoms with E-state index in [0.717, 1.165) is 16.8 Å². The first-order chi connectivity index (χ1) is 13.3. The Hall–Kier alpha value is -3.28. The van der Waals surface area contributed by atoms with Gasteiger partial charge >= 0.3 is 5.97 Å². The van der Waals surface area contributed by atoms with Gasteiger partial charge < -0.3 is 4.74 Å². The summed E-state index contributed by atoms with van der Waals surface area (Å²) in [5, 5.41) is 0.150. The molecule has 0 spiro atoms. The van der Waals surface area contributed by atoms with Gasteiger partial charge in [-0.05, 0) is 62.6 Å². The summed E-state index contributed by atoms with van der Waals surface area (Å²) in [7, 11) is 0. The molecule has 0 atom stereocenters. The third-order valence-electron chi connectivity index (χ3n) is 4.48. The van der Waals surface area contributed by atoms with Gasteiger partial charge in [0.1, 0.15) is 17.2 Å². The molecule has 6 heteroatoms. The van der Waals surface area contributed by atoms with E-state index < -0.39 is 11.8 Å². The highest BCUT2D eigenvalue weighted by atomic mass is 19.1. The first-order valence-electron chi connectivity index (χ1n) is 8.97. The number of ether oxygens (including phenoxy) is 1. The number of aryl methyl sites for hydroxylation is 3. The van der Waals surface area contributed by atoms with Crippen LogP contribution in [0.2, 0.25) is 0 Å². The van der Waals surface area contributed by atoms with Crippen molar-refractivity contribution in [3.05, 3.63) is 75.1 Å². The van der Waals surface area contributed by atoms with E-state index >= 15 is 0 Å². The Balaban J connectivity index is 2.24. The molecule has 0 bridgehead atoms.